The summed E-state index contributed by atoms with van der Waals surface area (Å²) >= 11 is 3.01. The summed E-state index contributed by atoms with van der Waals surface area (Å²) in [6.07, 6.45) is -0.682. The van der Waals surface area contributed by atoms with Gasteiger partial charge in [-0.1, -0.05) is 15.9 Å². The first-order valence-corrected chi connectivity index (χ1v) is 21.8. The van der Waals surface area contributed by atoms with Crippen molar-refractivity contribution in [3.05, 3.63) is 5.82 Å². The average molecular weight is 958 g/mol. The van der Waals surface area contributed by atoms with Crippen molar-refractivity contribution in [3.8, 4) is 0 Å². The molecule has 0 aliphatic rings. The Labute approximate surface area is 358 Å². The van der Waals surface area contributed by atoms with Gasteiger partial charge in [0.25, 0.3) is 0 Å². The van der Waals surface area contributed by atoms with Gasteiger partial charge in [0, 0.05) is 45.2 Å². The fourth-order valence-electron chi connectivity index (χ4n) is 4.98. The Balaban J connectivity index is 2.27. The Kier molecular flexibility index (Phi) is 27.0. The number of tetrazole rings is 1. The van der Waals surface area contributed by atoms with E-state index >= 15 is 0 Å². The van der Waals surface area contributed by atoms with Gasteiger partial charge in [-0.05, 0) is 55.4 Å². The van der Waals surface area contributed by atoms with Crippen LogP contribution in [0.3, 0.4) is 0 Å². The molecule has 1 aromatic rings. The van der Waals surface area contributed by atoms with E-state index in [-0.39, 0.29) is 76.1 Å². The lowest BCUT2D eigenvalue weighted by molar-refractivity contribution is -0.143. The van der Waals surface area contributed by atoms with Gasteiger partial charge in [0.05, 0.1) is 30.9 Å². The lowest BCUT2D eigenvalue weighted by Gasteiger charge is -2.17. The number of carbonyl (C=O) groups is 9. The van der Waals surface area contributed by atoms with Gasteiger partial charge < -0.3 is 51.4 Å². The summed E-state index contributed by atoms with van der Waals surface area (Å²) in [7, 11) is -4.09. The highest BCUT2D eigenvalue weighted by Crippen LogP contribution is 2.05. The molecule has 0 saturated heterocycles. The van der Waals surface area contributed by atoms with E-state index in [9.17, 15) is 66.9 Å². The number of aromatic nitrogens is 4. The Morgan fingerprint density at radius 2 is 1.18 bits per heavy atom. The van der Waals surface area contributed by atoms with Gasteiger partial charge in [0.15, 0.2) is 0 Å². The fourth-order valence-corrected chi connectivity index (χ4v) is 6.25. The standard InChI is InChI=1S/C33H53BrN10O16S/c34-19-29(49)35-13-2-1-5-21(31(51)52)39-30(50)20-60-17-16-59-15-14-36-25(45)11-9-22(32(53)54)38-27(47)12-10-23(33(55)56)37-26(46)8-4-18-61(57,58)42-28(48)7-3-6-24-40-43-44-41-24/h21-23H,1-20H2,(H,35,49)(H,36,45)(H,37,46)(H,38,47)(H,39,50)(H,42,48)(H,51,52)(H,53,54)(H,55,56)(H,40,41,43,44). The van der Waals surface area contributed by atoms with Crippen molar-refractivity contribution >= 4 is 79.3 Å². The maximum Gasteiger partial charge on any atom is 0.326 e. The highest BCUT2D eigenvalue weighted by atomic mass is 79.9. The van der Waals surface area contributed by atoms with Gasteiger partial charge in [-0.3, -0.25) is 33.5 Å². The van der Waals surface area contributed by atoms with Crippen LogP contribution in [0, 0.1) is 0 Å². The predicted molar refractivity (Wildman–Crippen MR) is 211 cm³/mol. The second-order valence-electron chi connectivity index (χ2n) is 13.1. The SMILES string of the molecule is O=C(CBr)NCCCCC(NC(=O)COCCOCCNC(=O)CCC(NC(=O)CCC(NC(=O)CCCS(=O)(=O)NC(=O)CCCc1nnn[nH]1)C(=O)O)C(=O)O)C(=O)O. The topological polar surface area (TPSA) is 394 Å². The number of aryl methyl sites for hydroxylation is 1. The van der Waals surface area contributed by atoms with Crippen molar-refractivity contribution in [2.45, 2.75) is 95.2 Å². The molecule has 1 rings (SSSR count). The molecule has 61 heavy (non-hydrogen) atoms. The third kappa shape index (κ3) is 27.2. The maximum absolute atomic E-state index is 12.4. The summed E-state index contributed by atoms with van der Waals surface area (Å²) in [5.41, 5.74) is 0. The molecular formula is C33H53BrN10O16S. The number of sulfonamides is 1. The molecule has 3 atom stereocenters. The van der Waals surface area contributed by atoms with Crippen molar-refractivity contribution in [1.29, 1.82) is 0 Å². The molecule has 3 unspecified atom stereocenters. The first kappa shape index (κ1) is 53.7. The van der Waals surface area contributed by atoms with Crippen molar-refractivity contribution < 1.29 is 76.4 Å². The summed E-state index contributed by atoms with van der Waals surface area (Å²) < 4.78 is 36.7. The molecule has 0 radical (unpaired) electrons. The molecular weight excluding hydrogens is 904 g/mol. The highest BCUT2D eigenvalue weighted by molar-refractivity contribution is 9.09. The van der Waals surface area contributed by atoms with Crippen molar-refractivity contribution in [1.82, 2.24) is 51.9 Å². The van der Waals surface area contributed by atoms with Crippen molar-refractivity contribution in [2.24, 2.45) is 0 Å². The number of nitrogens with zero attached hydrogens (tertiary/aromatic N) is 3. The van der Waals surface area contributed by atoms with Crippen LogP contribution in [0.2, 0.25) is 0 Å². The number of carboxylic acid groups (broad SMARTS) is 3. The molecule has 28 heteroatoms. The van der Waals surface area contributed by atoms with Gasteiger partial charge in [0.1, 0.15) is 30.6 Å². The number of amides is 6. The van der Waals surface area contributed by atoms with E-state index in [4.69, 9.17) is 9.47 Å². The summed E-state index contributed by atoms with van der Waals surface area (Å²) in [5.74, 6) is -8.23. The molecule has 1 aromatic heterocycles. The average Bonchev–Trinajstić information content (AvgIpc) is 3.71. The number of carboxylic acids is 3. The molecule has 0 saturated carbocycles. The number of alkyl halides is 1. The first-order chi connectivity index (χ1) is 28.9. The van der Waals surface area contributed by atoms with Crippen LogP contribution < -0.4 is 31.3 Å². The lowest BCUT2D eigenvalue weighted by atomic mass is 10.1. The molecule has 0 aliphatic heterocycles. The van der Waals surface area contributed by atoms with Gasteiger partial charge in [-0.15, -0.1) is 5.10 Å². The fraction of sp³-hybridized carbons (Fsp3) is 0.697. The maximum atomic E-state index is 12.4. The number of aliphatic carboxylic acids is 3. The highest BCUT2D eigenvalue weighted by Gasteiger charge is 2.25. The van der Waals surface area contributed by atoms with Gasteiger partial charge >= 0.3 is 17.9 Å². The predicted octanol–water partition coefficient (Wildman–Crippen LogP) is -3.15. The minimum absolute atomic E-state index is 0.0205. The molecule has 10 N–H and O–H groups in total. The molecule has 26 nitrogen and oxygen atoms in total. The number of hydrogen-bond donors (Lipinski definition) is 10. The molecule has 0 aromatic carbocycles. The number of aromatic amines is 1. The number of halogens is 1. The van der Waals surface area contributed by atoms with E-state index in [1.54, 1.807) is 0 Å². The third-order valence-corrected chi connectivity index (χ3v) is 9.92. The van der Waals surface area contributed by atoms with Crippen LogP contribution in [0.1, 0.15) is 76.5 Å². The van der Waals surface area contributed by atoms with Crippen LogP contribution in [0.15, 0.2) is 0 Å². The van der Waals surface area contributed by atoms with Crippen LogP contribution in [0.5, 0.6) is 0 Å². The van der Waals surface area contributed by atoms with Gasteiger partial charge in [0.2, 0.25) is 45.5 Å². The zero-order valence-corrected chi connectivity index (χ0v) is 35.6. The largest absolute Gasteiger partial charge is 0.480 e. The Hall–Kier alpha value is -5.35. The second kappa shape index (κ2) is 30.6. The second-order valence-corrected chi connectivity index (χ2v) is 15.5. The van der Waals surface area contributed by atoms with Crippen LogP contribution in [-0.4, -0.2) is 166 Å². The van der Waals surface area contributed by atoms with E-state index < -0.39 is 107 Å². The third-order valence-electron chi connectivity index (χ3n) is 8.05. The molecule has 1 heterocycles. The summed E-state index contributed by atoms with van der Waals surface area (Å²) in [5, 5.41) is 53.2. The van der Waals surface area contributed by atoms with Crippen LogP contribution in [0.4, 0.5) is 0 Å². The molecule has 0 spiro atoms. The van der Waals surface area contributed by atoms with Crippen LogP contribution in [-0.2, 0) is 69.1 Å². The normalized spacial score (nSPS) is 12.5. The zero-order chi connectivity index (χ0) is 45.6. The monoisotopic (exact) mass is 956 g/mol. The van der Waals surface area contributed by atoms with Crippen molar-refractivity contribution in [3.63, 3.8) is 0 Å². The number of unbranched alkanes of at least 4 members (excludes halogenated alkanes) is 1. The number of H-pyrrole nitrogens is 1. The summed E-state index contributed by atoms with van der Waals surface area (Å²) in [6.45, 7) is 0.0234. The Bertz CT molecular complexity index is 1700. The van der Waals surface area contributed by atoms with Crippen molar-refractivity contribution in [2.75, 3.05) is 50.6 Å². The summed E-state index contributed by atoms with van der Waals surface area (Å²) in [6, 6.07) is -4.19. The molecule has 0 fully saturated rings. The minimum Gasteiger partial charge on any atom is -0.480 e. The number of hydrogen-bond acceptors (Lipinski definition) is 16. The quantitative estimate of drug-likeness (QED) is 0.0237. The van der Waals surface area contributed by atoms with E-state index in [1.165, 1.54) is 0 Å². The summed E-state index contributed by atoms with van der Waals surface area (Å²) in [4.78, 5) is 107. The number of ether oxygens (including phenoxy) is 2. The zero-order valence-electron chi connectivity index (χ0n) is 33.2. The molecule has 0 bridgehead atoms. The Morgan fingerprint density at radius 1 is 0.623 bits per heavy atom. The van der Waals surface area contributed by atoms with E-state index in [1.807, 2.05) is 4.72 Å². The first-order valence-electron chi connectivity index (χ1n) is 19.0. The number of nitrogens with one attached hydrogen (secondary N) is 7. The van der Waals surface area contributed by atoms with Crippen LogP contribution >= 0.6 is 15.9 Å². The Morgan fingerprint density at radius 3 is 1.79 bits per heavy atom. The van der Waals surface area contributed by atoms with Gasteiger partial charge in [-0.25, -0.2) is 27.9 Å². The molecule has 6 amide bonds. The lowest BCUT2D eigenvalue weighted by Crippen LogP contribution is -2.44. The van der Waals surface area contributed by atoms with Crippen LogP contribution in [0.25, 0.3) is 0 Å². The van der Waals surface area contributed by atoms with Gasteiger partial charge in [-0.2, -0.15) is 0 Å². The number of carbonyl (C=O) groups excluding carboxylic acids is 6. The van der Waals surface area contributed by atoms with E-state index in [0.717, 1.165) is 0 Å². The smallest absolute Gasteiger partial charge is 0.326 e. The van der Waals surface area contributed by atoms with E-state index in [2.05, 4.69) is 63.1 Å². The number of rotatable bonds is 35. The minimum atomic E-state index is -4.09. The molecule has 0 aliphatic carbocycles. The van der Waals surface area contributed by atoms with E-state index in [0.29, 0.717) is 31.6 Å². The molecule has 344 valence electrons.